The van der Waals surface area contributed by atoms with Crippen LogP contribution in [-0.4, -0.2) is 44.0 Å². The second-order valence-electron chi connectivity index (χ2n) is 5.11. The Labute approximate surface area is 124 Å². The van der Waals surface area contributed by atoms with Gasteiger partial charge in [-0.2, -0.15) is 0 Å². The average Bonchev–Trinajstić information content (AvgIpc) is 2.91. The third-order valence-electron chi connectivity index (χ3n) is 3.33. The standard InChI is InChI=1S/C14H19NO5S/c16-14(17)13(9-11-5-2-1-3-6-11)15-21(18,19)10-12-7-4-8-20-12/h1-3,5-6,12-13,15H,4,7-10H2,(H,16,17). The van der Waals surface area contributed by atoms with Crippen LogP contribution < -0.4 is 4.72 Å². The van der Waals surface area contributed by atoms with Gasteiger partial charge < -0.3 is 9.84 Å². The molecule has 0 aromatic heterocycles. The van der Waals surface area contributed by atoms with Crippen LogP contribution in [0.4, 0.5) is 0 Å². The number of carboxylic acids is 1. The van der Waals surface area contributed by atoms with Gasteiger partial charge in [-0.1, -0.05) is 30.3 Å². The minimum absolute atomic E-state index is 0.112. The molecule has 1 aliphatic heterocycles. The van der Waals surface area contributed by atoms with Crippen molar-refractivity contribution < 1.29 is 23.1 Å². The minimum Gasteiger partial charge on any atom is -0.480 e. The summed E-state index contributed by atoms with van der Waals surface area (Å²) in [5.41, 5.74) is 0.768. The Morgan fingerprint density at radius 1 is 1.38 bits per heavy atom. The second kappa shape index (κ2) is 7.02. The highest BCUT2D eigenvalue weighted by Crippen LogP contribution is 2.14. The predicted octanol–water partition coefficient (Wildman–Crippen LogP) is 0.781. The highest BCUT2D eigenvalue weighted by Gasteiger charge is 2.28. The van der Waals surface area contributed by atoms with Crippen molar-refractivity contribution in [3.63, 3.8) is 0 Å². The quantitative estimate of drug-likeness (QED) is 0.776. The largest absolute Gasteiger partial charge is 0.480 e. The molecule has 0 saturated carbocycles. The molecule has 1 aromatic carbocycles. The Balaban J connectivity index is 2.00. The molecule has 2 atom stereocenters. The van der Waals surface area contributed by atoms with E-state index in [2.05, 4.69) is 4.72 Å². The molecule has 21 heavy (non-hydrogen) atoms. The molecular formula is C14H19NO5S. The fourth-order valence-electron chi connectivity index (χ4n) is 2.31. The number of sulfonamides is 1. The first-order valence-corrected chi connectivity index (χ1v) is 8.50. The Morgan fingerprint density at radius 2 is 2.10 bits per heavy atom. The van der Waals surface area contributed by atoms with Crippen LogP contribution >= 0.6 is 0 Å². The average molecular weight is 313 g/mol. The Morgan fingerprint density at radius 3 is 2.67 bits per heavy atom. The molecule has 0 spiro atoms. The highest BCUT2D eigenvalue weighted by molar-refractivity contribution is 7.89. The topological polar surface area (TPSA) is 92.7 Å². The van der Waals surface area contributed by atoms with Crippen LogP contribution in [0.15, 0.2) is 30.3 Å². The van der Waals surface area contributed by atoms with Crippen molar-refractivity contribution in [3.8, 4) is 0 Å². The smallest absolute Gasteiger partial charge is 0.322 e. The zero-order chi connectivity index (χ0) is 15.3. The van der Waals surface area contributed by atoms with E-state index in [1.165, 1.54) is 0 Å². The molecule has 1 heterocycles. The SMILES string of the molecule is O=C(O)C(Cc1ccccc1)NS(=O)(=O)CC1CCCO1. The van der Waals surface area contributed by atoms with E-state index in [-0.39, 0.29) is 18.3 Å². The highest BCUT2D eigenvalue weighted by atomic mass is 32.2. The van der Waals surface area contributed by atoms with Crippen molar-refractivity contribution in [2.45, 2.75) is 31.4 Å². The number of rotatable bonds is 7. The van der Waals surface area contributed by atoms with E-state index in [9.17, 15) is 18.3 Å². The summed E-state index contributed by atoms with van der Waals surface area (Å²) in [7, 11) is -3.69. The van der Waals surface area contributed by atoms with Crippen LogP contribution in [0.3, 0.4) is 0 Å². The first-order valence-electron chi connectivity index (χ1n) is 6.84. The fraction of sp³-hybridized carbons (Fsp3) is 0.500. The monoisotopic (exact) mass is 313 g/mol. The number of aliphatic carboxylic acids is 1. The molecule has 0 aliphatic carbocycles. The van der Waals surface area contributed by atoms with E-state index in [1.54, 1.807) is 24.3 Å². The zero-order valence-electron chi connectivity index (χ0n) is 11.6. The third-order valence-corrected chi connectivity index (χ3v) is 4.79. The van der Waals surface area contributed by atoms with Crippen LogP contribution in [0.25, 0.3) is 0 Å². The van der Waals surface area contributed by atoms with Crippen molar-refractivity contribution in [1.82, 2.24) is 4.72 Å². The molecule has 1 saturated heterocycles. The summed E-state index contributed by atoms with van der Waals surface area (Å²) in [6.07, 6.45) is 1.30. The molecule has 2 rings (SSSR count). The van der Waals surface area contributed by atoms with Crippen molar-refractivity contribution in [1.29, 1.82) is 0 Å². The van der Waals surface area contributed by atoms with Crippen LogP contribution in [0.1, 0.15) is 18.4 Å². The van der Waals surface area contributed by atoms with E-state index in [4.69, 9.17) is 4.74 Å². The fourth-order valence-corrected chi connectivity index (χ4v) is 3.78. The molecule has 7 heteroatoms. The van der Waals surface area contributed by atoms with Gasteiger partial charge in [-0.05, 0) is 24.8 Å². The number of carboxylic acid groups (broad SMARTS) is 1. The first kappa shape index (κ1) is 15.9. The lowest BCUT2D eigenvalue weighted by molar-refractivity contribution is -0.138. The van der Waals surface area contributed by atoms with Crippen LogP contribution in [-0.2, 0) is 26.0 Å². The number of carbonyl (C=O) groups is 1. The Kier molecular flexibility index (Phi) is 5.33. The van der Waals surface area contributed by atoms with Gasteiger partial charge in [-0.3, -0.25) is 4.79 Å². The van der Waals surface area contributed by atoms with Gasteiger partial charge in [0.2, 0.25) is 10.0 Å². The summed E-state index contributed by atoms with van der Waals surface area (Å²) in [5, 5.41) is 9.20. The maximum atomic E-state index is 12.0. The van der Waals surface area contributed by atoms with Crippen molar-refractivity contribution in [2.75, 3.05) is 12.4 Å². The molecule has 2 N–H and O–H groups in total. The lowest BCUT2D eigenvalue weighted by Crippen LogP contribution is -2.44. The lowest BCUT2D eigenvalue weighted by Gasteiger charge is -2.16. The number of hydrogen-bond donors (Lipinski definition) is 2. The zero-order valence-corrected chi connectivity index (χ0v) is 12.4. The van der Waals surface area contributed by atoms with Crippen LogP contribution in [0.5, 0.6) is 0 Å². The summed E-state index contributed by atoms with van der Waals surface area (Å²) in [6.45, 7) is 0.562. The Hall–Kier alpha value is -1.44. The Bertz CT molecular complexity index is 566. The van der Waals surface area contributed by atoms with Crippen LogP contribution in [0.2, 0.25) is 0 Å². The molecule has 116 valence electrons. The predicted molar refractivity (Wildman–Crippen MR) is 77.5 cm³/mol. The van der Waals surface area contributed by atoms with Gasteiger partial charge >= 0.3 is 5.97 Å². The van der Waals surface area contributed by atoms with Crippen LogP contribution in [0, 0.1) is 0 Å². The summed E-state index contributed by atoms with van der Waals surface area (Å²) >= 11 is 0. The lowest BCUT2D eigenvalue weighted by atomic mass is 10.1. The third kappa shape index (κ3) is 5.11. The molecule has 6 nitrogen and oxygen atoms in total. The maximum Gasteiger partial charge on any atom is 0.322 e. The van der Waals surface area contributed by atoms with E-state index < -0.39 is 22.0 Å². The molecule has 0 bridgehead atoms. The second-order valence-corrected chi connectivity index (χ2v) is 6.91. The summed E-state index contributed by atoms with van der Waals surface area (Å²) in [6, 6.07) is 7.76. The van der Waals surface area contributed by atoms with Crippen molar-refractivity contribution in [2.24, 2.45) is 0 Å². The van der Waals surface area contributed by atoms with Gasteiger partial charge in [0.1, 0.15) is 6.04 Å². The summed E-state index contributed by atoms with van der Waals surface area (Å²) < 4.78 is 31.6. The van der Waals surface area contributed by atoms with E-state index >= 15 is 0 Å². The van der Waals surface area contributed by atoms with Gasteiger partial charge in [0.15, 0.2) is 0 Å². The number of ether oxygens (including phenoxy) is 1. The van der Waals surface area contributed by atoms with Gasteiger partial charge in [0.05, 0.1) is 11.9 Å². The summed E-state index contributed by atoms with van der Waals surface area (Å²) in [4.78, 5) is 11.3. The van der Waals surface area contributed by atoms with E-state index in [0.717, 1.165) is 12.0 Å². The van der Waals surface area contributed by atoms with Gasteiger partial charge in [0, 0.05) is 6.61 Å². The minimum atomic E-state index is -3.69. The molecular weight excluding hydrogens is 294 g/mol. The molecule has 1 fully saturated rings. The summed E-state index contributed by atoms with van der Waals surface area (Å²) in [5.74, 6) is -1.37. The number of hydrogen-bond acceptors (Lipinski definition) is 4. The molecule has 1 aliphatic rings. The first-order chi connectivity index (χ1) is 9.96. The van der Waals surface area contributed by atoms with E-state index in [0.29, 0.717) is 13.0 Å². The number of nitrogens with one attached hydrogen (secondary N) is 1. The molecule has 0 amide bonds. The normalized spacial score (nSPS) is 20.3. The van der Waals surface area contributed by atoms with Gasteiger partial charge in [-0.25, -0.2) is 13.1 Å². The molecule has 0 radical (unpaired) electrons. The van der Waals surface area contributed by atoms with Gasteiger partial charge in [-0.15, -0.1) is 0 Å². The maximum absolute atomic E-state index is 12.0. The molecule has 2 unspecified atom stereocenters. The van der Waals surface area contributed by atoms with E-state index in [1.807, 2.05) is 6.07 Å². The molecule has 1 aromatic rings. The number of benzene rings is 1. The van der Waals surface area contributed by atoms with Crippen molar-refractivity contribution in [3.05, 3.63) is 35.9 Å². The van der Waals surface area contributed by atoms with Gasteiger partial charge in [0.25, 0.3) is 0 Å². The van der Waals surface area contributed by atoms with Crippen molar-refractivity contribution >= 4 is 16.0 Å².